The average Bonchev–Trinajstić information content (AvgIpc) is 2.38. The molecule has 108 valence electrons. The summed E-state index contributed by atoms with van der Waals surface area (Å²) in [6.45, 7) is 1.70. The number of rotatable bonds is 4. The quantitative estimate of drug-likeness (QED) is 0.883. The first-order valence-electron chi connectivity index (χ1n) is 6.61. The van der Waals surface area contributed by atoms with Gasteiger partial charge in [-0.15, -0.1) is 0 Å². The summed E-state index contributed by atoms with van der Waals surface area (Å²) in [5.74, 6) is -0.351. The van der Waals surface area contributed by atoms with Crippen molar-refractivity contribution in [2.24, 2.45) is 11.7 Å². The number of nitrogens with zero attached hydrogens (tertiary/aromatic N) is 1. The number of likely N-dealkylation sites (tertiary alicyclic amines) is 1. The van der Waals surface area contributed by atoms with Crippen LogP contribution in [0.5, 0.6) is 0 Å². The summed E-state index contributed by atoms with van der Waals surface area (Å²) in [7, 11) is 0. The number of carbonyl (C=O) groups excluding carboxylic acids is 2. The maximum Gasteiger partial charge on any atom is 0.231 e. The summed E-state index contributed by atoms with van der Waals surface area (Å²) in [6.07, 6.45) is 1.47. The molecule has 1 saturated heterocycles. The van der Waals surface area contributed by atoms with Crippen LogP contribution in [0.2, 0.25) is 5.02 Å². The van der Waals surface area contributed by atoms with E-state index in [4.69, 9.17) is 17.3 Å². The van der Waals surface area contributed by atoms with Crippen LogP contribution in [-0.4, -0.2) is 36.3 Å². The number of nitrogens with two attached hydrogens (primary N) is 1. The number of hydrogen-bond acceptors (Lipinski definition) is 3. The highest BCUT2D eigenvalue weighted by Gasteiger charge is 2.25. The van der Waals surface area contributed by atoms with Crippen LogP contribution in [0.1, 0.15) is 12.8 Å². The first-order chi connectivity index (χ1) is 9.54. The van der Waals surface area contributed by atoms with Gasteiger partial charge in [-0.1, -0.05) is 17.7 Å². The lowest BCUT2D eigenvalue weighted by atomic mass is 9.96. The molecule has 0 saturated carbocycles. The van der Waals surface area contributed by atoms with Crippen molar-refractivity contribution >= 4 is 29.1 Å². The molecule has 1 fully saturated rings. The van der Waals surface area contributed by atoms with E-state index >= 15 is 0 Å². The Morgan fingerprint density at radius 3 is 2.65 bits per heavy atom. The standard InChI is InChI=1S/C14H18ClN3O2/c15-11-2-1-3-12(8-11)17-14(20)10-4-6-18(7-5-10)9-13(16)19/h1-3,8,10H,4-7,9H2,(H2,16,19)(H,17,20). The molecule has 5 nitrogen and oxygen atoms in total. The van der Waals surface area contributed by atoms with Gasteiger partial charge in [0.15, 0.2) is 0 Å². The van der Waals surface area contributed by atoms with Gasteiger partial charge < -0.3 is 11.1 Å². The van der Waals surface area contributed by atoms with Crippen molar-refractivity contribution in [3.05, 3.63) is 29.3 Å². The van der Waals surface area contributed by atoms with E-state index in [1.807, 2.05) is 11.0 Å². The zero-order chi connectivity index (χ0) is 14.5. The van der Waals surface area contributed by atoms with Crippen LogP contribution in [0.3, 0.4) is 0 Å². The van der Waals surface area contributed by atoms with E-state index in [0.717, 1.165) is 25.9 Å². The van der Waals surface area contributed by atoms with Gasteiger partial charge in [-0.2, -0.15) is 0 Å². The topological polar surface area (TPSA) is 75.4 Å². The molecule has 0 aromatic heterocycles. The van der Waals surface area contributed by atoms with Crippen LogP contribution in [-0.2, 0) is 9.59 Å². The van der Waals surface area contributed by atoms with E-state index in [0.29, 0.717) is 10.7 Å². The van der Waals surface area contributed by atoms with Gasteiger partial charge in [-0.25, -0.2) is 0 Å². The van der Waals surface area contributed by atoms with E-state index in [-0.39, 0.29) is 24.3 Å². The summed E-state index contributed by atoms with van der Waals surface area (Å²) in [5, 5.41) is 3.47. The summed E-state index contributed by atoms with van der Waals surface area (Å²) in [4.78, 5) is 25.0. The van der Waals surface area contributed by atoms with Crippen molar-refractivity contribution in [3.63, 3.8) is 0 Å². The average molecular weight is 296 g/mol. The second kappa shape index (κ2) is 6.72. The Bertz CT molecular complexity index is 499. The van der Waals surface area contributed by atoms with Crippen molar-refractivity contribution < 1.29 is 9.59 Å². The Kier molecular flexibility index (Phi) is 4.98. The number of anilines is 1. The molecule has 1 aromatic carbocycles. The summed E-state index contributed by atoms with van der Waals surface area (Å²) < 4.78 is 0. The van der Waals surface area contributed by atoms with Crippen molar-refractivity contribution in [2.75, 3.05) is 25.0 Å². The minimum Gasteiger partial charge on any atom is -0.369 e. The zero-order valence-corrected chi connectivity index (χ0v) is 11.9. The number of primary amides is 1. The van der Waals surface area contributed by atoms with Crippen LogP contribution in [0, 0.1) is 5.92 Å². The molecule has 20 heavy (non-hydrogen) atoms. The van der Waals surface area contributed by atoms with Crippen molar-refractivity contribution in [1.29, 1.82) is 0 Å². The molecule has 0 radical (unpaired) electrons. The molecular weight excluding hydrogens is 278 g/mol. The largest absolute Gasteiger partial charge is 0.369 e. The van der Waals surface area contributed by atoms with Crippen molar-refractivity contribution in [1.82, 2.24) is 4.90 Å². The highest BCUT2D eigenvalue weighted by atomic mass is 35.5. The molecule has 1 aliphatic heterocycles. The highest BCUT2D eigenvalue weighted by molar-refractivity contribution is 6.30. The van der Waals surface area contributed by atoms with Crippen molar-refractivity contribution in [2.45, 2.75) is 12.8 Å². The third-order valence-corrected chi connectivity index (χ3v) is 3.67. The van der Waals surface area contributed by atoms with Crippen LogP contribution >= 0.6 is 11.6 Å². The number of halogens is 1. The van der Waals surface area contributed by atoms with E-state index in [2.05, 4.69) is 5.32 Å². The van der Waals surface area contributed by atoms with Gasteiger partial charge in [-0.3, -0.25) is 14.5 Å². The Balaban J connectivity index is 1.84. The fraction of sp³-hybridized carbons (Fsp3) is 0.429. The molecule has 0 bridgehead atoms. The van der Waals surface area contributed by atoms with E-state index in [9.17, 15) is 9.59 Å². The van der Waals surface area contributed by atoms with Crippen LogP contribution in [0.15, 0.2) is 24.3 Å². The summed E-state index contributed by atoms with van der Waals surface area (Å²) in [5.41, 5.74) is 5.87. The maximum absolute atomic E-state index is 12.1. The van der Waals surface area contributed by atoms with Gasteiger partial charge in [0, 0.05) is 16.6 Å². The summed E-state index contributed by atoms with van der Waals surface area (Å²) >= 11 is 5.88. The number of nitrogens with one attached hydrogen (secondary N) is 1. The van der Waals surface area contributed by atoms with Gasteiger partial charge in [0.2, 0.25) is 11.8 Å². The molecule has 2 rings (SSSR count). The molecule has 0 aliphatic carbocycles. The fourth-order valence-corrected chi connectivity index (χ4v) is 2.57. The van der Waals surface area contributed by atoms with E-state index in [1.165, 1.54) is 0 Å². The third kappa shape index (κ3) is 4.21. The molecule has 2 amide bonds. The van der Waals surface area contributed by atoms with E-state index in [1.54, 1.807) is 18.2 Å². The molecule has 6 heteroatoms. The molecule has 0 spiro atoms. The second-order valence-electron chi connectivity index (χ2n) is 5.02. The lowest BCUT2D eigenvalue weighted by molar-refractivity contribution is -0.122. The Morgan fingerprint density at radius 2 is 2.05 bits per heavy atom. The maximum atomic E-state index is 12.1. The monoisotopic (exact) mass is 295 g/mol. The number of hydrogen-bond donors (Lipinski definition) is 2. The Hall–Kier alpha value is -1.59. The number of benzene rings is 1. The molecule has 1 heterocycles. The van der Waals surface area contributed by atoms with Gasteiger partial charge in [0.25, 0.3) is 0 Å². The minimum absolute atomic E-state index is 0.00555. The van der Waals surface area contributed by atoms with Crippen LogP contribution in [0.25, 0.3) is 0 Å². The second-order valence-corrected chi connectivity index (χ2v) is 5.45. The fourth-order valence-electron chi connectivity index (χ4n) is 2.38. The third-order valence-electron chi connectivity index (χ3n) is 3.43. The lowest BCUT2D eigenvalue weighted by Gasteiger charge is -2.30. The molecular formula is C14H18ClN3O2. The van der Waals surface area contributed by atoms with Gasteiger partial charge in [0.05, 0.1) is 6.54 Å². The predicted octanol–water partition coefficient (Wildman–Crippen LogP) is 1.48. The number of carbonyl (C=O) groups is 2. The van der Waals surface area contributed by atoms with Gasteiger partial charge >= 0.3 is 0 Å². The Morgan fingerprint density at radius 1 is 1.35 bits per heavy atom. The lowest BCUT2D eigenvalue weighted by Crippen LogP contribution is -2.42. The van der Waals surface area contributed by atoms with Crippen molar-refractivity contribution in [3.8, 4) is 0 Å². The van der Waals surface area contributed by atoms with Gasteiger partial charge in [-0.05, 0) is 44.1 Å². The van der Waals surface area contributed by atoms with Crippen LogP contribution < -0.4 is 11.1 Å². The van der Waals surface area contributed by atoms with Crippen LogP contribution in [0.4, 0.5) is 5.69 Å². The molecule has 1 aliphatic rings. The number of piperidine rings is 1. The first kappa shape index (κ1) is 14.8. The minimum atomic E-state index is -0.327. The van der Waals surface area contributed by atoms with E-state index < -0.39 is 0 Å². The first-order valence-corrected chi connectivity index (χ1v) is 6.99. The SMILES string of the molecule is NC(=O)CN1CCC(C(=O)Nc2cccc(Cl)c2)CC1. The molecule has 3 N–H and O–H groups in total. The normalized spacial score (nSPS) is 16.9. The highest BCUT2D eigenvalue weighted by Crippen LogP contribution is 2.20. The predicted molar refractivity (Wildman–Crippen MR) is 78.4 cm³/mol. The smallest absolute Gasteiger partial charge is 0.231 e. The molecule has 1 aromatic rings. The number of amides is 2. The van der Waals surface area contributed by atoms with Gasteiger partial charge in [0.1, 0.15) is 0 Å². The Labute approximate surface area is 123 Å². The molecule has 0 atom stereocenters. The molecule has 0 unspecified atom stereocenters. The summed E-state index contributed by atoms with van der Waals surface area (Å²) in [6, 6.07) is 7.10. The zero-order valence-electron chi connectivity index (χ0n) is 11.1.